The lowest BCUT2D eigenvalue weighted by Gasteiger charge is -1.97. The van der Waals surface area contributed by atoms with Gasteiger partial charge in [-0.05, 0) is 18.2 Å². The lowest BCUT2D eigenvalue weighted by molar-refractivity contribution is -0.305. The van der Waals surface area contributed by atoms with Gasteiger partial charge in [0.05, 0.1) is 12.8 Å². The fourth-order valence-electron chi connectivity index (χ4n) is 0.538. The highest BCUT2D eigenvalue weighted by Crippen LogP contribution is 2.08. The van der Waals surface area contributed by atoms with E-state index in [2.05, 4.69) is 0 Å². The summed E-state index contributed by atoms with van der Waals surface area (Å²) in [5.74, 6) is -1.97. The first-order valence-corrected chi connectivity index (χ1v) is 4.60. The van der Waals surface area contributed by atoms with Crippen molar-refractivity contribution in [3.63, 3.8) is 0 Å². The second-order valence-corrected chi connectivity index (χ2v) is 3.43. The Morgan fingerprint density at radius 3 is 2.38 bits per heavy atom. The number of rotatable bonds is 6. The number of carboxylic acid groups (broad SMARTS) is 2. The molecule has 0 bridgehead atoms. The zero-order valence-corrected chi connectivity index (χ0v) is 7.67. The van der Waals surface area contributed by atoms with Gasteiger partial charge in [-0.3, -0.25) is 9.59 Å². The highest BCUT2D eigenvalue weighted by atomic mass is 32.2. The molecule has 0 radical (unpaired) electrons. The lowest BCUT2D eigenvalue weighted by Crippen LogP contribution is -2.22. The van der Waals surface area contributed by atoms with Crippen molar-refractivity contribution in [2.24, 2.45) is 0 Å². The average Bonchev–Trinajstić information content (AvgIpc) is 2.00. The minimum atomic E-state index is -1.18. The van der Waals surface area contributed by atoms with Crippen LogP contribution in [0, 0.1) is 0 Å². The molecule has 0 aromatic heterocycles. The molecular formula is C7H10O5S. The van der Waals surface area contributed by atoms with Crippen molar-refractivity contribution < 1.29 is 24.6 Å². The minimum Gasteiger partial charge on any atom is -0.550 e. The Labute approximate surface area is 79.1 Å². The first-order chi connectivity index (χ1) is 6.02. The molecular weight excluding hydrogens is 196 g/mol. The molecule has 0 unspecified atom stereocenters. The first kappa shape index (κ1) is 12.0. The molecule has 0 aliphatic rings. The number of carbonyl (C=O) groups is 2. The van der Waals surface area contributed by atoms with Gasteiger partial charge in [-0.2, -0.15) is 0 Å². The molecule has 0 saturated heterocycles. The summed E-state index contributed by atoms with van der Waals surface area (Å²) in [6.07, 6.45) is -0.251. The van der Waals surface area contributed by atoms with E-state index in [0.717, 1.165) is 11.8 Å². The number of thioether (sulfide) groups is 1. The molecule has 0 rings (SSSR count). The van der Waals surface area contributed by atoms with Gasteiger partial charge in [0, 0.05) is 11.7 Å². The van der Waals surface area contributed by atoms with Gasteiger partial charge in [-0.25, -0.2) is 0 Å². The molecule has 0 spiro atoms. The van der Waals surface area contributed by atoms with Gasteiger partial charge in [0.15, 0.2) is 0 Å². The van der Waals surface area contributed by atoms with Crippen LogP contribution in [0.5, 0.6) is 0 Å². The van der Waals surface area contributed by atoms with Crippen LogP contribution in [0.3, 0.4) is 0 Å². The number of hydrogen-bond donors (Lipinski definition) is 1. The largest absolute Gasteiger partial charge is 0.550 e. The van der Waals surface area contributed by atoms with Crippen LogP contribution >= 0.6 is 11.8 Å². The summed E-state index contributed by atoms with van der Waals surface area (Å²) < 4.78 is 0. The second-order valence-electron chi connectivity index (χ2n) is 2.26. The molecule has 0 aliphatic carbocycles. The van der Waals surface area contributed by atoms with Crippen molar-refractivity contribution in [2.75, 3.05) is 5.75 Å². The highest BCUT2D eigenvalue weighted by Gasteiger charge is 2.11. The zero-order chi connectivity index (χ0) is 10.3. The fourth-order valence-corrected chi connectivity index (χ4v) is 1.29. The molecule has 0 fully saturated rings. The number of carbonyl (C=O) groups excluding carboxylic acids is 2. The Morgan fingerprint density at radius 2 is 1.92 bits per heavy atom. The molecule has 2 N–H and O–H groups in total. The van der Waals surface area contributed by atoms with Crippen molar-refractivity contribution in [3.8, 4) is 0 Å². The van der Waals surface area contributed by atoms with Crippen molar-refractivity contribution in [1.82, 2.24) is 0 Å². The van der Waals surface area contributed by atoms with E-state index in [-0.39, 0.29) is 30.1 Å². The van der Waals surface area contributed by atoms with Crippen LogP contribution in [0.4, 0.5) is 0 Å². The van der Waals surface area contributed by atoms with Crippen LogP contribution in [-0.4, -0.2) is 32.7 Å². The van der Waals surface area contributed by atoms with E-state index >= 15 is 0 Å². The monoisotopic (exact) mass is 206 g/mol. The van der Waals surface area contributed by atoms with Gasteiger partial charge >= 0.3 is 11.1 Å². The summed E-state index contributed by atoms with van der Waals surface area (Å²) in [6.45, 7) is 0. The zero-order valence-electron chi connectivity index (χ0n) is 6.86. The molecule has 13 heavy (non-hydrogen) atoms. The third-order valence-electron chi connectivity index (χ3n) is 1.13. The van der Waals surface area contributed by atoms with Crippen LogP contribution in [0.1, 0.15) is 19.3 Å². The van der Waals surface area contributed by atoms with E-state index in [1.54, 1.807) is 0 Å². The van der Waals surface area contributed by atoms with Crippen LogP contribution < -0.4 is 5.11 Å². The summed E-state index contributed by atoms with van der Waals surface area (Å²) in [7, 11) is 0. The Morgan fingerprint density at radius 1 is 1.31 bits per heavy atom. The summed E-state index contributed by atoms with van der Waals surface area (Å²) in [6, 6.07) is 0. The molecule has 6 heteroatoms. The van der Waals surface area contributed by atoms with E-state index in [1.165, 1.54) is 0 Å². The SMILES string of the molecule is O=C([O-])CCSC(=[OH+])CCC(=O)O. The predicted molar refractivity (Wildman–Crippen MR) is 45.9 cm³/mol. The number of aliphatic carboxylic acids is 2. The van der Waals surface area contributed by atoms with Crippen molar-refractivity contribution >= 4 is 28.8 Å². The van der Waals surface area contributed by atoms with Crippen molar-refractivity contribution in [3.05, 3.63) is 0 Å². The summed E-state index contributed by atoms with van der Waals surface area (Å²) >= 11 is 0.935. The van der Waals surface area contributed by atoms with Gasteiger partial charge in [0.2, 0.25) is 0 Å². The molecule has 0 aliphatic heterocycles. The van der Waals surface area contributed by atoms with Gasteiger partial charge < -0.3 is 15.0 Å². The molecule has 0 aromatic carbocycles. The Balaban J connectivity index is 3.41. The van der Waals surface area contributed by atoms with E-state index < -0.39 is 11.9 Å². The van der Waals surface area contributed by atoms with Gasteiger partial charge in [-0.15, -0.1) is 0 Å². The maximum absolute atomic E-state index is 10.0. The summed E-state index contributed by atoms with van der Waals surface area (Å²) in [5.41, 5.74) is 0. The van der Waals surface area contributed by atoms with E-state index in [0.29, 0.717) is 0 Å². The molecule has 0 aromatic rings. The second kappa shape index (κ2) is 6.47. The summed E-state index contributed by atoms with van der Waals surface area (Å²) in [5, 5.41) is 18.1. The average molecular weight is 206 g/mol. The normalized spacial score (nSPS) is 9.54. The molecule has 74 valence electrons. The maximum Gasteiger partial charge on any atom is 0.351 e. The van der Waals surface area contributed by atoms with Crippen molar-refractivity contribution in [2.45, 2.75) is 19.3 Å². The predicted octanol–water partition coefficient (Wildman–Crippen LogP) is -0.773. The third kappa shape index (κ3) is 8.87. The smallest absolute Gasteiger partial charge is 0.351 e. The van der Waals surface area contributed by atoms with E-state index in [4.69, 9.17) is 9.90 Å². The maximum atomic E-state index is 10.0. The lowest BCUT2D eigenvalue weighted by atomic mass is 10.3. The van der Waals surface area contributed by atoms with Gasteiger partial charge in [-0.1, -0.05) is 0 Å². The first-order valence-electron chi connectivity index (χ1n) is 3.61. The summed E-state index contributed by atoms with van der Waals surface area (Å²) in [4.78, 5) is 29.0. The Kier molecular flexibility index (Phi) is 5.96. The molecule has 0 saturated carbocycles. The molecule has 0 atom stereocenters. The fraction of sp³-hybridized carbons (Fsp3) is 0.571. The van der Waals surface area contributed by atoms with Crippen LogP contribution in [-0.2, 0) is 9.59 Å². The van der Waals surface area contributed by atoms with E-state index in [9.17, 15) is 14.7 Å². The van der Waals surface area contributed by atoms with Crippen LogP contribution in [0.15, 0.2) is 0 Å². The van der Waals surface area contributed by atoms with Crippen LogP contribution in [0.25, 0.3) is 0 Å². The topological polar surface area (TPSA) is 98.8 Å². The Bertz CT molecular complexity index is 213. The van der Waals surface area contributed by atoms with Gasteiger partial charge in [0.1, 0.15) is 0 Å². The van der Waals surface area contributed by atoms with E-state index in [1.807, 2.05) is 0 Å². The highest BCUT2D eigenvalue weighted by molar-refractivity contribution is 8.13. The van der Waals surface area contributed by atoms with Crippen LogP contribution in [0.2, 0.25) is 0 Å². The number of carboxylic acids is 2. The van der Waals surface area contributed by atoms with Gasteiger partial charge in [0.25, 0.3) is 0 Å². The molecule has 0 heterocycles. The third-order valence-corrected chi connectivity index (χ3v) is 2.07. The Hall–Kier alpha value is -1.04. The minimum absolute atomic E-state index is 0.0487. The standard InChI is InChI=1S/C7H10O5S/c8-5(9)1-2-7(12)13-4-3-6(10)11/h1-4H2,(H,8,9)(H,10,11). The molecule has 5 nitrogen and oxygen atoms in total. The quantitative estimate of drug-likeness (QED) is 0.575. The molecule has 0 amide bonds. The van der Waals surface area contributed by atoms with Crippen molar-refractivity contribution in [1.29, 1.82) is 0 Å². The number of hydrogen-bond acceptors (Lipinski definition) is 4.